The van der Waals surface area contributed by atoms with Gasteiger partial charge >= 0.3 is 0 Å². The highest BCUT2D eigenvalue weighted by atomic mass is 32.1. The van der Waals surface area contributed by atoms with E-state index in [1.807, 2.05) is 5.51 Å². The normalized spacial score (nSPS) is 20.5. The van der Waals surface area contributed by atoms with Crippen LogP contribution in [-0.2, 0) is 0 Å². The second-order valence-corrected chi connectivity index (χ2v) is 5.75. The van der Waals surface area contributed by atoms with Crippen molar-refractivity contribution in [3.63, 3.8) is 0 Å². The van der Waals surface area contributed by atoms with Crippen LogP contribution in [0.25, 0.3) is 0 Å². The smallest absolute Gasteiger partial charge is 0.0795 e. The van der Waals surface area contributed by atoms with Crippen LogP contribution in [0.1, 0.15) is 45.3 Å². The Morgan fingerprint density at radius 2 is 2.20 bits per heavy atom. The van der Waals surface area contributed by atoms with Gasteiger partial charge in [-0.1, -0.05) is 13.8 Å². The third kappa shape index (κ3) is 2.40. The van der Waals surface area contributed by atoms with Crippen molar-refractivity contribution >= 4 is 11.3 Å². The molecule has 1 aliphatic carbocycles. The summed E-state index contributed by atoms with van der Waals surface area (Å²) < 4.78 is 0. The molecule has 84 valence electrons. The largest absolute Gasteiger partial charge is 0.308 e. The van der Waals surface area contributed by atoms with Gasteiger partial charge in [-0.15, -0.1) is 11.3 Å². The lowest BCUT2D eigenvalue weighted by Gasteiger charge is -2.22. The van der Waals surface area contributed by atoms with Crippen LogP contribution in [-0.4, -0.2) is 11.5 Å². The molecule has 1 aromatic heterocycles. The lowest BCUT2D eigenvalue weighted by Crippen LogP contribution is -2.29. The number of nitrogens with zero attached hydrogens (tertiary/aromatic N) is 1. The molecule has 1 saturated carbocycles. The molecule has 0 aromatic carbocycles. The van der Waals surface area contributed by atoms with E-state index in [1.54, 1.807) is 11.3 Å². The van der Waals surface area contributed by atoms with E-state index in [2.05, 4.69) is 36.5 Å². The molecule has 1 unspecified atom stereocenters. The molecule has 2 rings (SSSR count). The first-order valence-electron chi connectivity index (χ1n) is 5.75. The summed E-state index contributed by atoms with van der Waals surface area (Å²) >= 11 is 1.67. The summed E-state index contributed by atoms with van der Waals surface area (Å²) in [6.07, 6.45) is 2.78. The van der Waals surface area contributed by atoms with Crippen molar-refractivity contribution in [2.75, 3.05) is 6.54 Å². The Hall–Kier alpha value is -0.410. The summed E-state index contributed by atoms with van der Waals surface area (Å²) in [4.78, 5) is 4.34. The zero-order chi connectivity index (χ0) is 10.9. The fourth-order valence-corrected chi connectivity index (χ4v) is 2.66. The lowest BCUT2D eigenvalue weighted by molar-refractivity contribution is 0.324. The summed E-state index contributed by atoms with van der Waals surface area (Å²) in [5, 5.41) is 5.74. The van der Waals surface area contributed by atoms with Crippen molar-refractivity contribution in [1.29, 1.82) is 0 Å². The van der Waals surface area contributed by atoms with Gasteiger partial charge in [-0.25, -0.2) is 4.98 Å². The van der Waals surface area contributed by atoms with Gasteiger partial charge in [0, 0.05) is 18.0 Å². The number of hydrogen-bond donors (Lipinski definition) is 1. The molecule has 0 aliphatic heterocycles. The van der Waals surface area contributed by atoms with Gasteiger partial charge in [0.1, 0.15) is 0 Å². The van der Waals surface area contributed by atoms with Crippen molar-refractivity contribution in [2.24, 2.45) is 11.3 Å². The molecule has 1 atom stereocenters. The number of hydrogen-bond acceptors (Lipinski definition) is 3. The molecule has 0 spiro atoms. The van der Waals surface area contributed by atoms with E-state index in [9.17, 15) is 0 Å². The standard InChI is InChI=1S/C12H20N2S/c1-9(2)12(4-5-12)7-13-10(3)11-6-15-8-14-11/h6,8-10,13H,4-5,7H2,1-3H3. The van der Waals surface area contributed by atoms with E-state index < -0.39 is 0 Å². The highest BCUT2D eigenvalue weighted by Crippen LogP contribution is 2.51. The van der Waals surface area contributed by atoms with Gasteiger partial charge in [-0.05, 0) is 31.1 Å². The Labute approximate surface area is 96.1 Å². The zero-order valence-corrected chi connectivity index (χ0v) is 10.6. The number of aromatic nitrogens is 1. The molecule has 0 radical (unpaired) electrons. The van der Waals surface area contributed by atoms with Crippen LogP contribution in [0.2, 0.25) is 0 Å². The zero-order valence-electron chi connectivity index (χ0n) is 9.79. The van der Waals surface area contributed by atoms with Gasteiger partial charge in [0.15, 0.2) is 0 Å². The van der Waals surface area contributed by atoms with Gasteiger partial charge < -0.3 is 5.32 Å². The molecule has 1 N–H and O–H groups in total. The Kier molecular flexibility index (Phi) is 3.12. The Morgan fingerprint density at radius 3 is 2.67 bits per heavy atom. The predicted octanol–water partition coefficient (Wildman–Crippen LogP) is 3.23. The summed E-state index contributed by atoms with van der Waals surface area (Å²) in [7, 11) is 0. The van der Waals surface area contributed by atoms with Crippen LogP contribution in [0.3, 0.4) is 0 Å². The Morgan fingerprint density at radius 1 is 1.47 bits per heavy atom. The number of nitrogens with one attached hydrogen (secondary N) is 1. The van der Waals surface area contributed by atoms with Crippen LogP contribution >= 0.6 is 11.3 Å². The monoisotopic (exact) mass is 224 g/mol. The molecule has 0 saturated heterocycles. The minimum atomic E-state index is 0.396. The molecule has 1 fully saturated rings. The topological polar surface area (TPSA) is 24.9 Å². The van der Waals surface area contributed by atoms with Gasteiger partial charge in [0.25, 0.3) is 0 Å². The summed E-state index contributed by atoms with van der Waals surface area (Å²) in [6, 6.07) is 0.396. The van der Waals surface area contributed by atoms with Crippen LogP contribution < -0.4 is 5.32 Å². The van der Waals surface area contributed by atoms with Gasteiger partial charge in [0.2, 0.25) is 0 Å². The summed E-state index contributed by atoms with van der Waals surface area (Å²) in [5.74, 6) is 0.799. The molecular weight excluding hydrogens is 204 g/mol. The summed E-state index contributed by atoms with van der Waals surface area (Å²) in [5.41, 5.74) is 3.67. The summed E-state index contributed by atoms with van der Waals surface area (Å²) in [6.45, 7) is 8.01. The average Bonchev–Trinajstić information content (AvgIpc) is 2.80. The minimum Gasteiger partial charge on any atom is -0.308 e. The van der Waals surface area contributed by atoms with E-state index in [0.717, 1.165) is 12.5 Å². The average molecular weight is 224 g/mol. The predicted molar refractivity (Wildman–Crippen MR) is 65.0 cm³/mol. The maximum Gasteiger partial charge on any atom is 0.0795 e. The van der Waals surface area contributed by atoms with Crippen LogP contribution in [0.4, 0.5) is 0 Å². The first-order chi connectivity index (χ1) is 7.14. The third-order valence-electron chi connectivity index (χ3n) is 3.77. The maximum absolute atomic E-state index is 4.34. The third-order valence-corrected chi connectivity index (χ3v) is 4.38. The van der Waals surface area contributed by atoms with Crippen molar-refractivity contribution in [3.05, 3.63) is 16.6 Å². The maximum atomic E-state index is 4.34. The van der Waals surface area contributed by atoms with E-state index in [-0.39, 0.29) is 0 Å². The second kappa shape index (κ2) is 4.22. The quantitative estimate of drug-likeness (QED) is 0.830. The fraction of sp³-hybridized carbons (Fsp3) is 0.750. The molecular formula is C12H20N2S. The van der Waals surface area contributed by atoms with E-state index >= 15 is 0 Å². The molecule has 1 heterocycles. The number of thiazole rings is 1. The molecule has 3 heteroatoms. The first-order valence-corrected chi connectivity index (χ1v) is 6.70. The fourth-order valence-electron chi connectivity index (χ4n) is 2.02. The van der Waals surface area contributed by atoms with Crippen molar-refractivity contribution < 1.29 is 0 Å². The van der Waals surface area contributed by atoms with Gasteiger partial charge in [-0.2, -0.15) is 0 Å². The lowest BCUT2D eigenvalue weighted by atomic mass is 9.92. The van der Waals surface area contributed by atoms with Crippen molar-refractivity contribution in [2.45, 2.75) is 39.7 Å². The molecule has 0 amide bonds. The molecule has 2 nitrogen and oxygen atoms in total. The highest BCUT2D eigenvalue weighted by molar-refractivity contribution is 7.07. The SMILES string of the molecule is CC(NCC1(C(C)C)CC1)c1cscn1. The number of rotatable bonds is 5. The van der Waals surface area contributed by atoms with Crippen LogP contribution in [0.5, 0.6) is 0 Å². The Bertz CT molecular complexity index is 301. The van der Waals surface area contributed by atoms with Crippen LogP contribution in [0, 0.1) is 11.3 Å². The Balaban J connectivity index is 1.84. The molecule has 0 bridgehead atoms. The van der Waals surface area contributed by atoms with Crippen molar-refractivity contribution in [3.8, 4) is 0 Å². The minimum absolute atomic E-state index is 0.396. The van der Waals surface area contributed by atoms with Crippen LogP contribution in [0.15, 0.2) is 10.9 Å². The van der Waals surface area contributed by atoms with Gasteiger partial charge in [0.05, 0.1) is 11.2 Å². The van der Waals surface area contributed by atoms with E-state index in [0.29, 0.717) is 11.5 Å². The first kappa shape index (κ1) is 11.1. The highest BCUT2D eigenvalue weighted by Gasteiger charge is 2.44. The van der Waals surface area contributed by atoms with Gasteiger partial charge in [-0.3, -0.25) is 0 Å². The molecule has 1 aromatic rings. The molecule has 15 heavy (non-hydrogen) atoms. The van der Waals surface area contributed by atoms with E-state index in [4.69, 9.17) is 0 Å². The van der Waals surface area contributed by atoms with E-state index in [1.165, 1.54) is 18.5 Å². The second-order valence-electron chi connectivity index (χ2n) is 5.03. The van der Waals surface area contributed by atoms with Crippen molar-refractivity contribution in [1.82, 2.24) is 10.3 Å². The molecule has 1 aliphatic rings.